The maximum Gasteiger partial charge on any atom is 0.232 e. The molecule has 1 N–H and O–H groups in total. The van der Waals surface area contributed by atoms with Gasteiger partial charge in [-0.2, -0.15) is 5.26 Å². The molecule has 1 aliphatic heterocycles. The number of rotatable bonds is 4. The van der Waals surface area contributed by atoms with Crippen LogP contribution < -0.4 is 4.90 Å². The number of anilines is 1. The Morgan fingerprint density at radius 3 is 2.52 bits per heavy atom. The van der Waals surface area contributed by atoms with Gasteiger partial charge >= 0.3 is 0 Å². The Hall–Kier alpha value is -2.85. The van der Waals surface area contributed by atoms with E-state index in [1.54, 1.807) is 0 Å². The summed E-state index contributed by atoms with van der Waals surface area (Å²) in [7, 11) is 0. The van der Waals surface area contributed by atoms with E-state index in [1.165, 1.54) is 0 Å². The van der Waals surface area contributed by atoms with Gasteiger partial charge in [0, 0.05) is 19.0 Å². The minimum atomic E-state index is 0.0717. The van der Waals surface area contributed by atoms with Crippen molar-refractivity contribution in [3.63, 3.8) is 0 Å². The van der Waals surface area contributed by atoms with E-state index in [0.29, 0.717) is 38.1 Å². The van der Waals surface area contributed by atoms with Crippen molar-refractivity contribution in [2.24, 2.45) is 5.92 Å². The number of morpholine rings is 1. The maximum atomic E-state index is 10.4. The van der Waals surface area contributed by atoms with E-state index in [0.717, 1.165) is 18.5 Å². The summed E-state index contributed by atoms with van der Waals surface area (Å²) in [5, 5.41) is 28.7. The highest BCUT2D eigenvalue weighted by molar-refractivity contribution is 5.77. The molecule has 0 spiro atoms. The number of nitrogens with zero attached hydrogens (tertiary/aromatic N) is 5. The van der Waals surface area contributed by atoms with E-state index in [4.69, 9.17) is 4.74 Å². The Bertz CT molecular complexity index is 827. The third-order valence-corrected chi connectivity index (χ3v) is 4.51. The first-order chi connectivity index (χ1) is 12.3. The molecule has 0 radical (unpaired) electrons. The number of benzene rings is 1. The molecule has 0 bridgehead atoms. The van der Waals surface area contributed by atoms with Gasteiger partial charge in [0.2, 0.25) is 5.95 Å². The first kappa shape index (κ1) is 15.7. The van der Waals surface area contributed by atoms with Crippen LogP contribution in [0.15, 0.2) is 36.1 Å². The predicted octanol–water partition coefficient (Wildman–Crippen LogP) is 2.31. The monoisotopic (exact) mass is 337 g/mol. The molecule has 25 heavy (non-hydrogen) atoms. The van der Waals surface area contributed by atoms with Crippen LogP contribution in [0.5, 0.6) is 0 Å². The molecule has 1 aromatic heterocycles. The zero-order valence-corrected chi connectivity index (χ0v) is 13.8. The lowest BCUT2D eigenvalue weighted by Crippen LogP contribution is -2.38. The molecule has 1 aromatic carbocycles. The molecule has 4 rings (SSSR count). The predicted molar refractivity (Wildman–Crippen MR) is 92.3 cm³/mol. The van der Waals surface area contributed by atoms with Crippen LogP contribution in [0, 0.1) is 17.2 Å². The van der Waals surface area contributed by atoms with Gasteiger partial charge in [0.25, 0.3) is 0 Å². The number of allylic oxidation sites excluding steroid dienone is 2. The van der Waals surface area contributed by atoms with Crippen molar-refractivity contribution < 1.29 is 9.84 Å². The standard InChI is InChI=1S/C18H19N5O2/c19-12-15(16(24)13-6-7-13)17-20-21-18(22-8-10-25-11-9-22)23(17)14-4-2-1-3-5-14/h1-5,13,24H,6-11H2. The lowest BCUT2D eigenvalue weighted by atomic mass is 10.1. The highest BCUT2D eigenvalue weighted by atomic mass is 16.5. The summed E-state index contributed by atoms with van der Waals surface area (Å²) >= 11 is 0. The summed E-state index contributed by atoms with van der Waals surface area (Å²) in [6.07, 6.45) is 1.82. The summed E-state index contributed by atoms with van der Waals surface area (Å²) in [6, 6.07) is 11.8. The largest absolute Gasteiger partial charge is 0.510 e. The summed E-state index contributed by atoms with van der Waals surface area (Å²) < 4.78 is 7.27. The molecule has 2 fully saturated rings. The second kappa shape index (κ2) is 6.57. The molecule has 2 aliphatic rings. The fourth-order valence-electron chi connectivity index (χ4n) is 3.00. The van der Waals surface area contributed by atoms with Gasteiger partial charge < -0.3 is 14.7 Å². The van der Waals surface area contributed by atoms with Crippen molar-refractivity contribution in [1.29, 1.82) is 5.26 Å². The number of hydrogen-bond donors (Lipinski definition) is 1. The molecule has 1 aliphatic carbocycles. The summed E-state index contributed by atoms with van der Waals surface area (Å²) in [6.45, 7) is 2.69. The van der Waals surface area contributed by atoms with Crippen LogP contribution in [0.1, 0.15) is 18.7 Å². The van der Waals surface area contributed by atoms with Crippen molar-refractivity contribution >= 4 is 11.5 Å². The van der Waals surface area contributed by atoms with Gasteiger partial charge in [-0.3, -0.25) is 4.57 Å². The van der Waals surface area contributed by atoms with Gasteiger partial charge in [-0.1, -0.05) is 18.2 Å². The molecular formula is C18H19N5O2. The number of aliphatic hydroxyl groups excluding tert-OH is 1. The molecule has 1 saturated heterocycles. The van der Waals surface area contributed by atoms with Crippen molar-refractivity contribution in [1.82, 2.24) is 14.8 Å². The Morgan fingerprint density at radius 1 is 1.16 bits per heavy atom. The highest BCUT2D eigenvalue weighted by Gasteiger charge is 2.32. The molecule has 0 unspecified atom stereocenters. The Labute approximate surface area is 145 Å². The van der Waals surface area contributed by atoms with E-state index < -0.39 is 0 Å². The van der Waals surface area contributed by atoms with Crippen molar-refractivity contribution in [3.8, 4) is 11.8 Å². The average molecular weight is 337 g/mol. The topological polar surface area (TPSA) is 87.2 Å². The quantitative estimate of drug-likeness (QED) is 0.680. The number of nitriles is 1. The average Bonchev–Trinajstić information content (AvgIpc) is 3.43. The van der Waals surface area contributed by atoms with E-state index >= 15 is 0 Å². The Morgan fingerprint density at radius 2 is 1.88 bits per heavy atom. The lowest BCUT2D eigenvalue weighted by molar-refractivity contribution is 0.122. The van der Waals surface area contributed by atoms with Gasteiger partial charge in [0.05, 0.1) is 18.9 Å². The molecule has 0 atom stereocenters. The van der Waals surface area contributed by atoms with Crippen LogP contribution in [0.2, 0.25) is 0 Å². The Kier molecular flexibility index (Phi) is 4.12. The van der Waals surface area contributed by atoms with Crippen molar-refractivity contribution in [3.05, 3.63) is 41.9 Å². The van der Waals surface area contributed by atoms with Crippen molar-refractivity contribution in [2.45, 2.75) is 12.8 Å². The molecule has 0 amide bonds. The van der Waals surface area contributed by atoms with Gasteiger partial charge in [-0.25, -0.2) is 0 Å². The summed E-state index contributed by atoms with van der Waals surface area (Å²) in [4.78, 5) is 2.09. The molecule has 1 saturated carbocycles. The Balaban J connectivity index is 1.86. The van der Waals surface area contributed by atoms with Crippen molar-refractivity contribution in [2.75, 3.05) is 31.2 Å². The van der Waals surface area contributed by atoms with Crippen LogP contribution in [-0.2, 0) is 4.74 Å². The summed E-state index contributed by atoms with van der Waals surface area (Å²) in [5.41, 5.74) is 1.07. The second-order valence-electron chi connectivity index (χ2n) is 6.24. The second-order valence-corrected chi connectivity index (χ2v) is 6.24. The van der Waals surface area contributed by atoms with Gasteiger partial charge in [0.1, 0.15) is 17.4 Å². The molecule has 7 heteroatoms. The minimum Gasteiger partial charge on any atom is -0.510 e. The fraction of sp³-hybridized carbons (Fsp3) is 0.389. The minimum absolute atomic E-state index is 0.0717. The number of ether oxygens (including phenoxy) is 1. The van der Waals surface area contributed by atoms with Gasteiger partial charge in [-0.05, 0) is 25.0 Å². The number of aliphatic hydroxyl groups is 1. The summed E-state index contributed by atoms with van der Waals surface area (Å²) in [5.74, 6) is 1.25. The van der Waals surface area contributed by atoms with Crippen LogP contribution in [0.3, 0.4) is 0 Å². The SMILES string of the molecule is N#CC(=C(O)C1CC1)c1nnc(N2CCOCC2)n1-c1ccccc1. The first-order valence-electron chi connectivity index (χ1n) is 8.46. The van der Waals surface area contributed by atoms with E-state index in [9.17, 15) is 10.4 Å². The maximum absolute atomic E-state index is 10.4. The van der Waals surface area contributed by atoms with E-state index in [1.807, 2.05) is 34.9 Å². The molecular weight excluding hydrogens is 318 g/mol. The van der Waals surface area contributed by atoms with Crippen LogP contribution in [0.4, 0.5) is 5.95 Å². The van der Waals surface area contributed by atoms with Crippen LogP contribution in [0.25, 0.3) is 11.3 Å². The fourth-order valence-corrected chi connectivity index (χ4v) is 3.00. The molecule has 7 nitrogen and oxygen atoms in total. The third kappa shape index (κ3) is 2.96. The normalized spacial score (nSPS) is 18.6. The van der Waals surface area contributed by atoms with Crippen LogP contribution in [-0.4, -0.2) is 46.2 Å². The molecule has 128 valence electrons. The molecule has 2 heterocycles. The smallest absolute Gasteiger partial charge is 0.232 e. The van der Waals surface area contributed by atoms with Crippen LogP contribution >= 0.6 is 0 Å². The zero-order valence-electron chi connectivity index (χ0n) is 13.8. The zero-order chi connectivity index (χ0) is 17.2. The third-order valence-electron chi connectivity index (χ3n) is 4.51. The highest BCUT2D eigenvalue weighted by Crippen LogP contribution is 2.39. The van der Waals surface area contributed by atoms with E-state index in [2.05, 4.69) is 21.2 Å². The molecule has 2 aromatic rings. The first-order valence-corrected chi connectivity index (χ1v) is 8.46. The van der Waals surface area contributed by atoms with E-state index in [-0.39, 0.29) is 17.3 Å². The number of aromatic nitrogens is 3. The van der Waals surface area contributed by atoms with Gasteiger partial charge in [-0.15, -0.1) is 10.2 Å². The van der Waals surface area contributed by atoms with Gasteiger partial charge in [0.15, 0.2) is 5.82 Å². The lowest BCUT2D eigenvalue weighted by Gasteiger charge is -2.28. The number of para-hydroxylation sites is 1. The number of hydrogen-bond acceptors (Lipinski definition) is 6.